The smallest absolute Gasteiger partial charge is 0.316 e. The summed E-state index contributed by atoms with van der Waals surface area (Å²) < 4.78 is 18.5. The number of aromatic nitrogens is 3. The summed E-state index contributed by atoms with van der Waals surface area (Å²) in [6, 6.07) is 3.66. The molecule has 0 N–H and O–H groups in total. The summed E-state index contributed by atoms with van der Waals surface area (Å²) in [5.41, 5.74) is 1.31. The van der Waals surface area contributed by atoms with E-state index in [0.29, 0.717) is 24.3 Å². The zero-order valence-electron chi connectivity index (χ0n) is 12.8. The fourth-order valence-electron chi connectivity index (χ4n) is 2.61. The van der Waals surface area contributed by atoms with E-state index in [4.69, 9.17) is 4.74 Å². The Balaban J connectivity index is 1.67. The van der Waals surface area contributed by atoms with E-state index in [2.05, 4.69) is 15.0 Å². The third kappa shape index (κ3) is 3.61. The molecule has 0 spiro atoms. The first-order valence-electron chi connectivity index (χ1n) is 7.48. The average Bonchev–Trinajstić information content (AvgIpc) is 2.57. The van der Waals surface area contributed by atoms with Crippen LogP contribution in [0.4, 0.5) is 4.39 Å². The van der Waals surface area contributed by atoms with Crippen molar-refractivity contribution < 1.29 is 13.9 Å². The SMILES string of the molecule is Cc1ncccc1C(=O)N1CCCC(Oc2ncc(F)cn2)C1. The molecular formula is C16H17FN4O2. The molecule has 1 aliphatic rings. The average molecular weight is 316 g/mol. The van der Waals surface area contributed by atoms with Gasteiger partial charge in [-0.15, -0.1) is 0 Å². The Labute approximate surface area is 133 Å². The van der Waals surface area contributed by atoms with Gasteiger partial charge in [0.15, 0.2) is 5.82 Å². The van der Waals surface area contributed by atoms with Gasteiger partial charge in [0.1, 0.15) is 6.10 Å². The van der Waals surface area contributed by atoms with Gasteiger partial charge in [0.05, 0.1) is 24.5 Å². The van der Waals surface area contributed by atoms with Crippen LogP contribution in [0.3, 0.4) is 0 Å². The van der Waals surface area contributed by atoms with E-state index in [1.54, 1.807) is 23.2 Å². The number of pyridine rings is 1. The van der Waals surface area contributed by atoms with E-state index >= 15 is 0 Å². The predicted octanol–water partition coefficient (Wildman–Crippen LogP) is 2.00. The van der Waals surface area contributed by atoms with Gasteiger partial charge < -0.3 is 9.64 Å². The van der Waals surface area contributed by atoms with Crippen molar-refractivity contribution in [1.82, 2.24) is 19.9 Å². The minimum Gasteiger partial charge on any atom is -0.458 e. The molecule has 0 radical (unpaired) electrons. The monoisotopic (exact) mass is 316 g/mol. The third-order valence-corrected chi connectivity index (χ3v) is 3.77. The van der Waals surface area contributed by atoms with E-state index in [9.17, 15) is 9.18 Å². The van der Waals surface area contributed by atoms with Crippen molar-refractivity contribution in [1.29, 1.82) is 0 Å². The molecule has 1 amide bonds. The molecule has 3 rings (SSSR count). The van der Waals surface area contributed by atoms with Crippen LogP contribution in [0.5, 0.6) is 6.01 Å². The Morgan fingerprint density at radius 2 is 2.13 bits per heavy atom. The van der Waals surface area contributed by atoms with Crippen LogP contribution in [0.25, 0.3) is 0 Å². The van der Waals surface area contributed by atoms with Crippen molar-refractivity contribution >= 4 is 5.91 Å². The van der Waals surface area contributed by atoms with Gasteiger partial charge in [0, 0.05) is 18.4 Å². The first-order valence-corrected chi connectivity index (χ1v) is 7.48. The second-order valence-corrected chi connectivity index (χ2v) is 5.45. The van der Waals surface area contributed by atoms with Crippen LogP contribution >= 0.6 is 0 Å². The number of nitrogens with zero attached hydrogens (tertiary/aromatic N) is 4. The van der Waals surface area contributed by atoms with Crippen LogP contribution in [0.15, 0.2) is 30.7 Å². The fourth-order valence-corrected chi connectivity index (χ4v) is 2.61. The second-order valence-electron chi connectivity index (χ2n) is 5.45. The molecule has 7 heteroatoms. The lowest BCUT2D eigenvalue weighted by atomic mass is 10.1. The molecule has 1 atom stereocenters. The lowest BCUT2D eigenvalue weighted by molar-refractivity contribution is 0.0514. The van der Waals surface area contributed by atoms with Gasteiger partial charge in [-0.1, -0.05) is 0 Å². The number of aryl methyl sites for hydroxylation is 1. The number of piperidine rings is 1. The molecule has 0 aromatic carbocycles. The lowest BCUT2D eigenvalue weighted by Crippen LogP contribution is -2.44. The standard InChI is InChI=1S/C16H17FN4O2/c1-11-14(5-2-6-18-11)15(22)21-7-3-4-13(10-21)23-16-19-8-12(17)9-20-16/h2,5-6,8-9,13H,3-4,7,10H2,1H3. The zero-order valence-corrected chi connectivity index (χ0v) is 12.8. The summed E-state index contributed by atoms with van der Waals surface area (Å²) in [6.07, 6.45) is 5.23. The number of hydrogen-bond acceptors (Lipinski definition) is 5. The number of rotatable bonds is 3. The van der Waals surface area contributed by atoms with Crippen molar-refractivity contribution in [2.24, 2.45) is 0 Å². The Hall–Kier alpha value is -2.57. The maximum absolute atomic E-state index is 12.8. The number of carbonyl (C=O) groups excluding carboxylic acids is 1. The highest BCUT2D eigenvalue weighted by molar-refractivity contribution is 5.95. The third-order valence-electron chi connectivity index (χ3n) is 3.77. The molecule has 1 saturated heterocycles. The van der Waals surface area contributed by atoms with Crippen LogP contribution in [-0.4, -0.2) is 45.0 Å². The first-order chi connectivity index (χ1) is 11.1. The van der Waals surface area contributed by atoms with Gasteiger partial charge in [-0.2, -0.15) is 0 Å². The van der Waals surface area contributed by atoms with Gasteiger partial charge in [0.2, 0.25) is 0 Å². The van der Waals surface area contributed by atoms with Gasteiger partial charge in [0.25, 0.3) is 5.91 Å². The number of halogens is 1. The van der Waals surface area contributed by atoms with Crippen molar-refractivity contribution in [2.45, 2.75) is 25.9 Å². The van der Waals surface area contributed by atoms with Gasteiger partial charge in [-0.25, -0.2) is 14.4 Å². The molecule has 2 aromatic heterocycles. The molecule has 1 unspecified atom stereocenters. The van der Waals surface area contributed by atoms with Crippen LogP contribution in [0, 0.1) is 12.7 Å². The molecule has 0 aliphatic carbocycles. The van der Waals surface area contributed by atoms with Crippen molar-refractivity contribution in [3.63, 3.8) is 0 Å². The quantitative estimate of drug-likeness (QED) is 0.866. The highest BCUT2D eigenvalue weighted by atomic mass is 19.1. The summed E-state index contributed by atoms with van der Waals surface area (Å²) in [4.78, 5) is 26.1. The maximum Gasteiger partial charge on any atom is 0.316 e. The van der Waals surface area contributed by atoms with Crippen LogP contribution in [0.2, 0.25) is 0 Å². The fraction of sp³-hybridized carbons (Fsp3) is 0.375. The molecule has 120 valence electrons. The minimum atomic E-state index is -0.509. The highest BCUT2D eigenvalue weighted by Crippen LogP contribution is 2.18. The van der Waals surface area contributed by atoms with Crippen LogP contribution < -0.4 is 4.74 Å². The minimum absolute atomic E-state index is 0.0519. The number of likely N-dealkylation sites (tertiary alicyclic amines) is 1. The number of hydrogen-bond donors (Lipinski definition) is 0. The highest BCUT2D eigenvalue weighted by Gasteiger charge is 2.27. The Bertz CT molecular complexity index is 693. The van der Waals surface area contributed by atoms with Gasteiger partial charge in [-0.05, 0) is 31.9 Å². The summed E-state index contributed by atoms with van der Waals surface area (Å²) in [5, 5.41) is 0. The number of amides is 1. The molecule has 6 nitrogen and oxygen atoms in total. The largest absolute Gasteiger partial charge is 0.458 e. The van der Waals surface area contributed by atoms with Crippen molar-refractivity contribution in [2.75, 3.05) is 13.1 Å². The normalized spacial score (nSPS) is 17.8. The van der Waals surface area contributed by atoms with E-state index in [0.717, 1.165) is 25.2 Å². The Morgan fingerprint density at radius 3 is 2.87 bits per heavy atom. The summed E-state index contributed by atoms with van der Waals surface area (Å²) in [6.45, 7) is 2.95. The number of carbonyl (C=O) groups is 1. The van der Waals surface area contributed by atoms with Crippen LogP contribution in [0.1, 0.15) is 28.9 Å². The lowest BCUT2D eigenvalue weighted by Gasteiger charge is -2.32. The van der Waals surface area contributed by atoms with Crippen LogP contribution in [-0.2, 0) is 0 Å². The first kappa shape index (κ1) is 15.3. The van der Waals surface area contributed by atoms with Crippen molar-refractivity contribution in [3.8, 4) is 6.01 Å². The Morgan fingerprint density at radius 1 is 1.35 bits per heavy atom. The summed E-state index contributed by atoms with van der Waals surface area (Å²) in [7, 11) is 0. The molecular weight excluding hydrogens is 299 g/mol. The van der Waals surface area contributed by atoms with Gasteiger partial charge >= 0.3 is 6.01 Å². The van der Waals surface area contributed by atoms with E-state index in [-0.39, 0.29) is 18.0 Å². The molecule has 0 bridgehead atoms. The Kier molecular flexibility index (Phi) is 4.45. The molecule has 1 aliphatic heterocycles. The molecule has 3 heterocycles. The van der Waals surface area contributed by atoms with Gasteiger partial charge in [-0.3, -0.25) is 9.78 Å². The summed E-state index contributed by atoms with van der Waals surface area (Å²) in [5.74, 6) is -0.561. The zero-order chi connectivity index (χ0) is 16.2. The second kappa shape index (κ2) is 6.68. The topological polar surface area (TPSA) is 68.2 Å². The summed E-state index contributed by atoms with van der Waals surface area (Å²) >= 11 is 0. The maximum atomic E-state index is 12.8. The van der Waals surface area contributed by atoms with E-state index < -0.39 is 5.82 Å². The van der Waals surface area contributed by atoms with E-state index in [1.165, 1.54) is 0 Å². The number of ether oxygens (including phenoxy) is 1. The van der Waals surface area contributed by atoms with E-state index in [1.807, 2.05) is 6.92 Å². The molecule has 23 heavy (non-hydrogen) atoms. The molecule has 0 saturated carbocycles. The van der Waals surface area contributed by atoms with Crippen molar-refractivity contribution in [3.05, 3.63) is 47.8 Å². The predicted molar refractivity (Wildman–Crippen MR) is 80.5 cm³/mol. The molecule has 2 aromatic rings. The molecule has 1 fully saturated rings.